The standard InChI is InChI=1S/C14H23N3O4/c1-10(18)16-4-5-17(9-12(8-16)13(15)19)14(20)11-2-6-21-7-3-11/h11-12H,2-9H2,1H3,(H2,15,19)/t12-/m1/s1. The molecule has 0 aromatic heterocycles. The van der Waals surface area contributed by atoms with Gasteiger partial charge in [-0.2, -0.15) is 0 Å². The van der Waals surface area contributed by atoms with Gasteiger partial charge >= 0.3 is 0 Å². The van der Waals surface area contributed by atoms with Gasteiger partial charge in [0.25, 0.3) is 0 Å². The first-order valence-electron chi connectivity index (χ1n) is 7.40. The van der Waals surface area contributed by atoms with E-state index < -0.39 is 11.8 Å². The Labute approximate surface area is 124 Å². The Balaban J connectivity index is 2.06. The van der Waals surface area contributed by atoms with Crippen molar-refractivity contribution in [3.8, 4) is 0 Å². The molecule has 0 radical (unpaired) electrons. The summed E-state index contributed by atoms with van der Waals surface area (Å²) in [4.78, 5) is 38.9. The second kappa shape index (κ2) is 6.89. The summed E-state index contributed by atoms with van der Waals surface area (Å²) in [6, 6.07) is 0. The Kier molecular flexibility index (Phi) is 5.17. The van der Waals surface area contributed by atoms with E-state index in [1.165, 1.54) is 6.92 Å². The van der Waals surface area contributed by atoms with Gasteiger partial charge in [0.2, 0.25) is 17.7 Å². The maximum atomic E-state index is 12.6. The van der Waals surface area contributed by atoms with Crippen LogP contribution < -0.4 is 5.73 Å². The number of carbonyl (C=O) groups is 3. The topological polar surface area (TPSA) is 92.9 Å². The summed E-state index contributed by atoms with van der Waals surface area (Å²) in [7, 11) is 0. The molecule has 0 bridgehead atoms. The monoisotopic (exact) mass is 297 g/mol. The van der Waals surface area contributed by atoms with Gasteiger partial charge < -0.3 is 20.3 Å². The molecule has 2 fully saturated rings. The first kappa shape index (κ1) is 15.8. The molecule has 2 aliphatic heterocycles. The lowest BCUT2D eigenvalue weighted by atomic mass is 9.98. The van der Waals surface area contributed by atoms with Gasteiger partial charge in [0.05, 0.1) is 5.92 Å². The van der Waals surface area contributed by atoms with Crippen LogP contribution in [0.1, 0.15) is 19.8 Å². The van der Waals surface area contributed by atoms with Crippen molar-refractivity contribution in [3.63, 3.8) is 0 Å². The largest absolute Gasteiger partial charge is 0.381 e. The molecule has 0 aromatic carbocycles. The van der Waals surface area contributed by atoms with Crippen molar-refractivity contribution < 1.29 is 19.1 Å². The van der Waals surface area contributed by atoms with Gasteiger partial charge in [-0.15, -0.1) is 0 Å². The minimum Gasteiger partial charge on any atom is -0.381 e. The smallest absolute Gasteiger partial charge is 0.225 e. The van der Waals surface area contributed by atoms with Crippen LogP contribution in [0.15, 0.2) is 0 Å². The second-order valence-electron chi connectivity index (χ2n) is 5.74. The van der Waals surface area contributed by atoms with E-state index in [1.807, 2.05) is 0 Å². The van der Waals surface area contributed by atoms with E-state index in [4.69, 9.17) is 10.5 Å². The van der Waals surface area contributed by atoms with Gasteiger partial charge in [-0.25, -0.2) is 0 Å². The van der Waals surface area contributed by atoms with Gasteiger partial charge in [0.15, 0.2) is 0 Å². The molecule has 2 saturated heterocycles. The van der Waals surface area contributed by atoms with Crippen LogP contribution in [-0.4, -0.2) is 66.9 Å². The predicted octanol–water partition coefficient (Wildman–Crippen LogP) is -0.795. The van der Waals surface area contributed by atoms with E-state index in [-0.39, 0.29) is 17.7 Å². The first-order valence-corrected chi connectivity index (χ1v) is 7.40. The van der Waals surface area contributed by atoms with Crippen molar-refractivity contribution in [1.29, 1.82) is 0 Å². The molecule has 118 valence electrons. The minimum atomic E-state index is -0.500. The highest BCUT2D eigenvalue weighted by atomic mass is 16.5. The van der Waals surface area contributed by atoms with Crippen molar-refractivity contribution in [2.45, 2.75) is 19.8 Å². The zero-order valence-corrected chi connectivity index (χ0v) is 12.4. The van der Waals surface area contributed by atoms with Gasteiger partial charge in [0, 0.05) is 52.2 Å². The highest BCUT2D eigenvalue weighted by Gasteiger charge is 2.33. The third-order valence-corrected chi connectivity index (χ3v) is 4.25. The summed E-state index contributed by atoms with van der Waals surface area (Å²) >= 11 is 0. The molecular formula is C14H23N3O4. The van der Waals surface area contributed by atoms with E-state index in [0.29, 0.717) is 52.2 Å². The van der Waals surface area contributed by atoms with E-state index in [9.17, 15) is 14.4 Å². The summed E-state index contributed by atoms with van der Waals surface area (Å²) in [5, 5.41) is 0. The molecular weight excluding hydrogens is 274 g/mol. The van der Waals surface area contributed by atoms with Crippen LogP contribution in [-0.2, 0) is 19.1 Å². The normalized spacial score (nSPS) is 24.5. The summed E-state index contributed by atoms with van der Waals surface area (Å²) in [6.07, 6.45) is 1.43. The SMILES string of the molecule is CC(=O)N1CCN(C(=O)C2CCOCC2)C[C@H](C(N)=O)C1. The lowest BCUT2D eigenvalue weighted by Gasteiger charge is -2.29. The number of nitrogens with two attached hydrogens (primary N) is 1. The molecule has 7 nitrogen and oxygen atoms in total. The Bertz CT molecular complexity index is 420. The summed E-state index contributed by atoms with van der Waals surface area (Å²) in [6.45, 7) is 4.17. The molecule has 7 heteroatoms. The van der Waals surface area contributed by atoms with Crippen LogP contribution in [0.2, 0.25) is 0 Å². The number of hydrogen-bond donors (Lipinski definition) is 1. The fourth-order valence-corrected chi connectivity index (χ4v) is 2.88. The highest BCUT2D eigenvalue weighted by molar-refractivity contribution is 5.82. The number of ether oxygens (including phenoxy) is 1. The average molecular weight is 297 g/mol. The Morgan fingerprint density at radius 2 is 1.57 bits per heavy atom. The Hall–Kier alpha value is -1.63. The summed E-state index contributed by atoms with van der Waals surface area (Å²) < 4.78 is 5.27. The second-order valence-corrected chi connectivity index (χ2v) is 5.74. The van der Waals surface area contributed by atoms with Crippen LogP contribution >= 0.6 is 0 Å². The molecule has 3 amide bonds. The molecule has 0 aromatic rings. The van der Waals surface area contributed by atoms with Gasteiger partial charge in [-0.05, 0) is 12.8 Å². The van der Waals surface area contributed by atoms with E-state index in [1.54, 1.807) is 9.80 Å². The quantitative estimate of drug-likeness (QED) is 0.722. The number of rotatable bonds is 2. The maximum absolute atomic E-state index is 12.6. The lowest BCUT2D eigenvalue weighted by Crippen LogP contribution is -2.43. The number of nitrogens with zero attached hydrogens (tertiary/aromatic N) is 2. The predicted molar refractivity (Wildman–Crippen MR) is 75.1 cm³/mol. The molecule has 2 aliphatic rings. The van der Waals surface area contributed by atoms with Crippen molar-refractivity contribution in [2.75, 3.05) is 39.4 Å². The van der Waals surface area contributed by atoms with Crippen molar-refractivity contribution in [1.82, 2.24) is 9.80 Å². The lowest BCUT2D eigenvalue weighted by molar-refractivity contribution is -0.139. The summed E-state index contributed by atoms with van der Waals surface area (Å²) in [5.74, 6) is -1.05. The van der Waals surface area contributed by atoms with Crippen molar-refractivity contribution in [3.05, 3.63) is 0 Å². The van der Waals surface area contributed by atoms with Crippen molar-refractivity contribution in [2.24, 2.45) is 17.6 Å². The molecule has 1 atom stereocenters. The molecule has 0 unspecified atom stereocenters. The zero-order chi connectivity index (χ0) is 15.4. The highest BCUT2D eigenvalue weighted by Crippen LogP contribution is 2.20. The first-order chi connectivity index (χ1) is 9.99. The molecule has 2 heterocycles. The van der Waals surface area contributed by atoms with Crippen molar-refractivity contribution >= 4 is 17.7 Å². The van der Waals surface area contributed by atoms with Crippen LogP contribution in [0.3, 0.4) is 0 Å². The fourth-order valence-electron chi connectivity index (χ4n) is 2.88. The zero-order valence-electron chi connectivity index (χ0n) is 12.4. The fraction of sp³-hybridized carbons (Fsp3) is 0.786. The van der Waals surface area contributed by atoms with E-state index in [0.717, 1.165) is 0 Å². The van der Waals surface area contributed by atoms with Crippen LogP contribution in [0.25, 0.3) is 0 Å². The number of carbonyl (C=O) groups excluding carboxylic acids is 3. The Morgan fingerprint density at radius 1 is 1.00 bits per heavy atom. The molecule has 0 aliphatic carbocycles. The molecule has 21 heavy (non-hydrogen) atoms. The number of hydrogen-bond acceptors (Lipinski definition) is 4. The van der Waals surface area contributed by atoms with Crippen LogP contribution in [0.5, 0.6) is 0 Å². The number of primary amides is 1. The van der Waals surface area contributed by atoms with Gasteiger partial charge in [0.1, 0.15) is 0 Å². The maximum Gasteiger partial charge on any atom is 0.225 e. The molecule has 2 N–H and O–H groups in total. The third-order valence-electron chi connectivity index (χ3n) is 4.25. The van der Waals surface area contributed by atoms with Gasteiger partial charge in [-0.1, -0.05) is 0 Å². The van der Waals surface area contributed by atoms with E-state index in [2.05, 4.69) is 0 Å². The summed E-state index contributed by atoms with van der Waals surface area (Å²) in [5.41, 5.74) is 5.40. The number of amides is 3. The van der Waals surface area contributed by atoms with Crippen LogP contribution in [0.4, 0.5) is 0 Å². The molecule has 2 rings (SSSR count). The molecule has 0 saturated carbocycles. The molecule has 0 spiro atoms. The minimum absolute atomic E-state index is 0.0452. The van der Waals surface area contributed by atoms with Crippen LogP contribution in [0, 0.1) is 11.8 Å². The Morgan fingerprint density at radius 3 is 2.14 bits per heavy atom. The van der Waals surface area contributed by atoms with E-state index >= 15 is 0 Å². The average Bonchev–Trinajstić information content (AvgIpc) is 2.70. The third kappa shape index (κ3) is 3.93. The van der Waals surface area contributed by atoms with Gasteiger partial charge in [-0.3, -0.25) is 14.4 Å².